The van der Waals surface area contributed by atoms with Gasteiger partial charge in [-0.05, 0) is 62.0 Å². The lowest BCUT2D eigenvalue weighted by molar-refractivity contribution is 0.412. The summed E-state index contributed by atoms with van der Waals surface area (Å²) >= 11 is 0. The summed E-state index contributed by atoms with van der Waals surface area (Å²) in [7, 11) is 1.92. The van der Waals surface area contributed by atoms with Crippen molar-refractivity contribution in [1.82, 2.24) is 14.3 Å². The molecule has 2 aromatic heterocycles. The van der Waals surface area contributed by atoms with Crippen LogP contribution in [0, 0.1) is 5.92 Å². The van der Waals surface area contributed by atoms with Crippen LogP contribution in [-0.4, -0.2) is 20.4 Å². The first-order valence-electron chi connectivity index (χ1n) is 11.2. The largest absolute Gasteiger partial charge is 0.378 e. The number of benzene rings is 1. The van der Waals surface area contributed by atoms with Crippen LogP contribution in [0.3, 0.4) is 0 Å². The number of nitrogens with zero attached hydrogens (tertiary/aromatic N) is 3. The molecule has 0 unspecified atom stereocenters. The number of anilines is 1. The summed E-state index contributed by atoms with van der Waals surface area (Å²) < 4.78 is 3.72. The minimum atomic E-state index is 0.111. The highest BCUT2D eigenvalue weighted by molar-refractivity contribution is 5.65. The molecule has 0 spiro atoms. The molecule has 0 saturated heterocycles. The normalized spacial score (nSPS) is 21.5. The standard InChI is InChI=1S/C25H30N4O/c1-28-16-22(14-26-28)21-13-24(25(30)29(17-21)15-18-7-8-18)27-23-11-9-20(10-12-23)19-5-3-2-4-6-19/h2-6,13-14,16-18,20,23,27H,7-12,15H2,1H3/t20-,23+. The summed E-state index contributed by atoms with van der Waals surface area (Å²) in [6.45, 7) is 0.822. The molecule has 2 fully saturated rings. The van der Waals surface area contributed by atoms with Crippen LogP contribution >= 0.6 is 0 Å². The van der Waals surface area contributed by atoms with Crippen LogP contribution in [0.4, 0.5) is 5.69 Å². The molecule has 30 heavy (non-hydrogen) atoms. The smallest absolute Gasteiger partial charge is 0.273 e. The van der Waals surface area contributed by atoms with Gasteiger partial charge in [0.25, 0.3) is 5.56 Å². The molecule has 0 aliphatic heterocycles. The predicted octanol–water partition coefficient (Wildman–Crippen LogP) is 4.80. The van der Waals surface area contributed by atoms with Crippen molar-refractivity contribution in [3.8, 4) is 11.1 Å². The fraction of sp³-hybridized carbons (Fsp3) is 0.440. The summed E-state index contributed by atoms with van der Waals surface area (Å²) in [4.78, 5) is 13.2. The Hall–Kier alpha value is -2.82. The lowest BCUT2D eigenvalue weighted by atomic mass is 9.82. The summed E-state index contributed by atoms with van der Waals surface area (Å²) in [6, 6.07) is 13.2. The van der Waals surface area contributed by atoms with Crippen LogP contribution in [0.25, 0.3) is 11.1 Å². The molecule has 1 aromatic carbocycles. The molecule has 5 nitrogen and oxygen atoms in total. The fourth-order valence-corrected chi connectivity index (χ4v) is 4.70. The summed E-state index contributed by atoms with van der Waals surface area (Å²) in [5.41, 5.74) is 4.41. The maximum atomic E-state index is 13.2. The maximum absolute atomic E-state index is 13.2. The van der Waals surface area contributed by atoms with Crippen molar-refractivity contribution >= 4 is 5.69 Å². The van der Waals surface area contributed by atoms with Crippen molar-refractivity contribution < 1.29 is 0 Å². The maximum Gasteiger partial charge on any atom is 0.273 e. The lowest BCUT2D eigenvalue weighted by Crippen LogP contribution is -2.31. The van der Waals surface area contributed by atoms with E-state index in [0.717, 1.165) is 36.2 Å². The van der Waals surface area contributed by atoms with Crippen molar-refractivity contribution in [2.75, 3.05) is 5.32 Å². The number of hydrogen-bond donors (Lipinski definition) is 1. The second kappa shape index (κ2) is 8.13. The first-order chi connectivity index (χ1) is 14.7. The van der Waals surface area contributed by atoms with E-state index in [0.29, 0.717) is 17.9 Å². The van der Waals surface area contributed by atoms with E-state index in [1.165, 1.54) is 31.2 Å². The third-order valence-corrected chi connectivity index (χ3v) is 6.63. The van der Waals surface area contributed by atoms with Gasteiger partial charge in [-0.25, -0.2) is 0 Å². The van der Waals surface area contributed by atoms with Crippen LogP contribution in [0.1, 0.15) is 50.0 Å². The highest BCUT2D eigenvalue weighted by atomic mass is 16.1. The van der Waals surface area contributed by atoms with E-state index < -0.39 is 0 Å². The van der Waals surface area contributed by atoms with Crippen molar-refractivity contribution in [3.63, 3.8) is 0 Å². The summed E-state index contributed by atoms with van der Waals surface area (Å²) in [5, 5.41) is 7.92. The first kappa shape index (κ1) is 19.2. The zero-order valence-corrected chi connectivity index (χ0v) is 17.6. The Kier molecular flexibility index (Phi) is 5.19. The molecular weight excluding hydrogens is 372 g/mol. The third-order valence-electron chi connectivity index (χ3n) is 6.63. The van der Waals surface area contributed by atoms with Gasteiger partial charge >= 0.3 is 0 Å². The van der Waals surface area contributed by atoms with Gasteiger partial charge in [0.05, 0.1) is 6.20 Å². The number of rotatable bonds is 6. The van der Waals surface area contributed by atoms with Crippen LogP contribution in [-0.2, 0) is 13.6 Å². The van der Waals surface area contributed by atoms with E-state index in [-0.39, 0.29) is 5.56 Å². The van der Waals surface area contributed by atoms with Crippen molar-refractivity contribution in [2.24, 2.45) is 13.0 Å². The Balaban J connectivity index is 1.35. The van der Waals surface area contributed by atoms with Gasteiger partial charge < -0.3 is 9.88 Å². The van der Waals surface area contributed by atoms with E-state index in [9.17, 15) is 4.79 Å². The molecule has 0 atom stereocenters. The topological polar surface area (TPSA) is 51.9 Å². The van der Waals surface area contributed by atoms with Gasteiger partial charge in [0.15, 0.2) is 0 Å². The Morgan fingerprint density at radius 2 is 1.77 bits per heavy atom. The number of aromatic nitrogens is 3. The molecule has 1 N–H and O–H groups in total. The molecule has 156 valence electrons. The van der Waals surface area contributed by atoms with E-state index in [4.69, 9.17) is 0 Å². The molecule has 0 bridgehead atoms. The number of hydrogen-bond acceptors (Lipinski definition) is 3. The highest BCUT2D eigenvalue weighted by Crippen LogP contribution is 2.34. The second-order valence-corrected chi connectivity index (χ2v) is 9.05. The number of aryl methyl sites for hydroxylation is 1. The Labute approximate surface area is 177 Å². The van der Waals surface area contributed by atoms with Gasteiger partial charge in [-0.2, -0.15) is 5.10 Å². The SMILES string of the molecule is Cn1cc(-c2cc(N[C@H]3CC[C@@H](c4ccccc4)CC3)c(=O)n(CC3CC3)c2)cn1. The molecular formula is C25H30N4O. The lowest BCUT2D eigenvalue weighted by Gasteiger charge is -2.30. The minimum absolute atomic E-state index is 0.111. The van der Waals surface area contributed by atoms with Crippen LogP contribution in [0.15, 0.2) is 59.8 Å². The Morgan fingerprint density at radius 3 is 2.43 bits per heavy atom. The Bertz CT molecular complexity index is 1060. The van der Waals surface area contributed by atoms with Gasteiger partial charge in [-0.1, -0.05) is 30.3 Å². The van der Waals surface area contributed by atoms with E-state index in [2.05, 4.69) is 40.7 Å². The van der Waals surface area contributed by atoms with E-state index >= 15 is 0 Å². The van der Waals surface area contributed by atoms with Crippen molar-refractivity contribution in [2.45, 2.75) is 57.0 Å². The Morgan fingerprint density at radius 1 is 1.00 bits per heavy atom. The van der Waals surface area contributed by atoms with Gasteiger partial charge in [-0.15, -0.1) is 0 Å². The second-order valence-electron chi connectivity index (χ2n) is 9.05. The predicted molar refractivity (Wildman–Crippen MR) is 121 cm³/mol. The van der Waals surface area contributed by atoms with E-state index in [1.54, 1.807) is 0 Å². The molecule has 2 heterocycles. The summed E-state index contributed by atoms with van der Waals surface area (Å²) in [5.74, 6) is 1.29. The van der Waals surface area contributed by atoms with Crippen LogP contribution < -0.4 is 10.9 Å². The zero-order valence-electron chi connectivity index (χ0n) is 17.6. The van der Waals surface area contributed by atoms with Crippen molar-refractivity contribution in [1.29, 1.82) is 0 Å². The molecule has 5 heteroatoms. The molecule has 3 aromatic rings. The van der Waals surface area contributed by atoms with E-state index in [1.807, 2.05) is 41.0 Å². The first-order valence-corrected chi connectivity index (χ1v) is 11.2. The van der Waals surface area contributed by atoms with Crippen molar-refractivity contribution in [3.05, 3.63) is 70.9 Å². The number of pyridine rings is 1. The minimum Gasteiger partial charge on any atom is -0.378 e. The number of nitrogens with one attached hydrogen (secondary N) is 1. The highest BCUT2D eigenvalue weighted by Gasteiger charge is 2.25. The van der Waals surface area contributed by atoms with Crippen LogP contribution in [0.2, 0.25) is 0 Å². The van der Waals surface area contributed by atoms with Gasteiger partial charge in [0.1, 0.15) is 5.69 Å². The molecule has 5 rings (SSSR count). The fourth-order valence-electron chi connectivity index (χ4n) is 4.70. The van der Waals surface area contributed by atoms with Gasteiger partial charge in [0, 0.05) is 43.2 Å². The molecule has 0 radical (unpaired) electrons. The molecule has 2 saturated carbocycles. The average Bonchev–Trinajstić information content (AvgIpc) is 3.49. The molecule has 2 aliphatic carbocycles. The third kappa shape index (κ3) is 4.20. The van der Waals surface area contributed by atoms with Crippen LogP contribution in [0.5, 0.6) is 0 Å². The average molecular weight is 403 g/mol. The van der Waals surface area contributed by atoms with Gasteiger partial charge in [0.2, 0.25) is 0 Å². The van der Waals surface area contributed by atoms with Gasteiger partial charge in [-0.3, -0.25) is 9.48 Å². The summed E-state index contributed by atoms with van der Waals surface area (Å²) in [6.07, 6.45) is 12.9. The quantitative estimate of drug-likeness (QED) is 0.644. The molecule has 0 amide bonds. The molecule has 2 aliphatic rings. The monoisotopic (exact) mass is 402 g/mol. The zero-order chi connectivity index (χ0) is 20.5.